The molecule has 0 unspecified atom stereocenters. The zero-order valence-electron chi connectivity index (χ0n) is 12.7. The van der Waals surface area contributed by atoms with Crippen molar-refractivity contribution >= 4 is 40.8 Å². The molecule has 0 aliphatic heterocycles. The van der Waals surface area contributed by atoms with Gasteiger partial charge in [0.25, 0.3) is 5.91 Å². The third-order valence-corrected chi connectivity index (χ3v) is 3.69. The summed E-state index contributed by atoms with van der Waals surface area (Å²) in [5, 5.41) is 3.11. The molecule has 0 spiro atoms. The summed E-state index contributed by atoms with van der Waals surface area (Å²) in [7, 11) is 0. The number of anilines is 1. The van der Waals surface area contributed by atoms with Crippen LogP contribution < -0.4 is 5.32 Å². The average molecular weight is 370 g/mol. The van der Waals surface area contributed by atoms with Gasteiger partial charge in [-0.25, -0.2) is 4.39 Å². The molecule has 1 amide bonds. The Bertz CT molecular complexity index is 750. The second-order valence-electron chi connectivity index (χ2n) is 5.05. The Labute approximate surface area is 148 Å². The fourth-order valence-corrected chi connectivity index (χ4v) is 2.23. The van der Waals surface area contributed by atoms with Crippen LogP contribution in [-0.4, -0.2) is 18.0 Å². The number of carbonyl (C=O) groups excluding carboxylic acids is 2. The van der Waals surface area contributed by atoms with Gasteiger partial charge in [-0.2, -0.15) is 0 Å². The minimum absolute atomic E-state index is 0.0199. The second-order valence-corrected chi connectivity index (χ2v) is 5.89. The summed E-state index contributed by atoms with van der Waals surface area (Å²) in [5.41, 5.74) is 0.960. The molecule has 0 heterocycles. The van der Waals surface area contributed by atoms with Crippen molar-refractivity contribution < 1.29 is 18.7 Å². The molecule has 1 N–H and O–H groups in total. The molecule has 0 fully saturated rings. The average Bonchev–Trinajstić information content (AvgIpc) is 2.52. The molecule has 0 aliphatic rings. The van der Waals surface area contributed by atoms with E-state index < -0.39 is 23.8 Å². The zero-order chi connectivity index (χ0) is 17.7. The Morgan fingerprint density at radius 2 is 1.83 bits per heavy atom. The van der Waals surface area contributed by atoms with Crippen LogP contribution in [0, 0.1) is 5.82 Å². The number of rotatable bonds is 5. The van der Waals surface area contributed by atoms with Gasteiger partial charge in [0, 0.05) is 5.02 Å². The highest BCUT2D eigenvalue weighted by Gasteiger charge is 2.19. The normalized spacial score (nSPS) is 11.7. The third kappa shape index (κ3) is 5.22. The van der Waals surface area contributed by atoms with E-state index in [9.17, 15) is 14.0 Å². The van der Waals surface area contributed by atoms with Gasteiger partial charge >= 0.3 is 5.97 Å². The van der Waals surface area contributed by atoms with Gasteiger partial charge < -0.3 is 10.1 Å². The van der Waals surface area contributed by atoms with Crippen molar-refractivity contribution in [1.82, 2.24) is 0 Å². The summed E-state index contributed by atoms with van der Waals surface area (Å²) in [6, 6.07) is 10.3. The summed E-state index contributed by atoms with van der Waals surface area (Å²) in [4.78, 5) is 23.9. The Morgan fingerprint density at radius 1 is 1.17 bits per heavy atom. The molecule has 24 heavy (non-hydrogen) atoms. The van der Waals surface area contributed by atoms with Crippen LogP contribution in [0.25, 0.3) is 0 Å². The minimum Gasteiger partial charge on any atom is -0.452 e. The molecule has 0 saturated heterocycles. The monoisotopic (exact) mass is 369 g/mol. The molecule has 1 atom stereocenters. The van der Waals surface area contributed by atoms with Gasteiger partial charge in [0.05, 0.1) is 17.1 Å². The number of hydrogen-bond acceptors (Lipinski definition) is 3. The van der Waals surface area contributed by atoms with Crippen LogP contribution in [0.5, 0.6) is 0 Å². The highest BCUT2D eigenvalue weighted by atomic mass is 35.5. The van der Waals surface area contributed by atoms with E-state index >= 15 is 0 Å². The molecule has 2 aromatic rings. The Balaban J connectivity index is 1.90. The summed E-state index contributed by atoms with van der Waals surface area (Å²) >= 11 is 11.6. The molecule has 2 rings (SSSR count). The quantitative estimate of drug-likeness (QED) is 0.801. The van der Waals surface area contributed by atoms with Crippen molar-refractivity contribution in [2.45, 2.75) is 19.4 Å². The first-order chi connectivity index (χ1) is 11.3. The van der Waals surface area contributed by atoms with Crippen LogP contribution in [0.4, 0.5) is 10.1 Å². The van der Waals surface area contributed by atoms with Crippen molar-refractivity contribution in [2.75, 3.05) is 5.32 Å². The highest BCUT2D eigenvalue weighted by molar-refractivity contribution is 6.33. The van der Waals surface area contributed by atoms with Gasteiger partial charge in [-0.1, -0.05) is 35.3 Å². The van der Waals surface area contributed by atoms with Crippen molar-refractivity contribution in [1.29, 1.82) is 0 Å². The Morgan fingerprint density at radius 3 is 2.46 bits per heavy atom. The number of halogens is 3. The highest BCUT2D eigenvalue weighted by Crippen LogP contribution is 2.22. The Hall–Kier alpha value is -2.11. The maximum atomic E-state index is 13.0. The van der Waals surface area contributed by atoms with E-state index in [4.69, 9.17) is 27.9 Å². The lowest BCUT2D eigenvalue weighted by atomic mass is 10.1. The third-order valence-electron chi connectivity index (χ3n) is 3.13. The summed E-state index contributed by atoms with van der Waals surface area (Å²) in [5.74, 6) is -1.63. The number of nitrogens with one attached hydrogen (secondary N) is 1. The SMILES string of the molecule is C[C@@H](OC(=O)Cc1ccc(Cl)cc1)C(=O)Nc1ccc(F)cc1Cl. The smallest absolute Gasteiger partial charge is 0.311 e. The number of esters is 1. The largest absolute Gasteiger partial charge is 0.452 e. The van der Waals surface area contributed by atoms with Gasteiger partial charge in [-0.15, -0.1) is 0 Å². The molecular formula is C17H14Cl2FNO3. The van der Waals surface area contributed by atoms with Crippen LogP contribution in [0.3, 0.4) is 0 Å². The lowest BCUT2D eigenvalue weighted by molar-refractivity contribution is -0.152. The van der Waals surface area contributed by atoms with Gasteiger partial charge in [0.15, 0.2) is 6.10 Å². The van der Waals surface area contributed by atoms with E-state index in [-0.39, 0.29) is 17.1 Å². The zero-order valence-corrected chi connectivity index (χ0v) is 14.2. The molecule has 0 aromatic heterocycles. The first-order valence-corrected chi connectivity index (χ1v) is 7.80. The van der Waals surface area contributed by atoms with Crippen LogP contribution in [0.15, 0.2) is 42.5 Å². The van der Waals surface area contributed by atoms with E-state index in [1.54, 1.807) is 24.3 Å². The van der Waals surface area contributed by atoms with E-state index in [2.05, 4.69) is 5.32 Å². The lowest BCUT2D eigenvalue weighted by Crippen LogP contribution is -2.30. The number of amides is 1. The summed E-state index contributed by atoms with van der Waals surface area (Å²) in [6.07, 6.45) is -1.00. The lowest BCUT2D eigenvalue weighted by Gasteiger charge is -2.14. The standard InChI is InChI=1S/C17H14Cl2FNO3/c1-10(17(23)21-15-7-6-13(20)9-14(15)19)24-16(22)8-11-2-4-12(18)5-3-11/h2-7,9-10H,8H2,1H3,(H,21,23)/t10-/m1/s1. The summed E-state index contributed by atoms with van der Waals surface area (Å²) < 4.78 is 18.1. The number of hydrogen-bond donors (Lipinski definition) is 1. The number of carbonyl (C=O) groups is 2. The maximum absolute atomic E-state index is 13.0. The van der Waals surface area contributed by atoms with Gasteiger partial charge in [-0.05, 0) is 42.8 Å². The molecule has 4 nitrogen and oxygen atoms in total. The molecule has 0 aliphatic carbocycles. The Kier molecular flexibility index (Phi) is 6.17. The van der Waals surface area contributed by atoms with Crippen molar-refractivity contribution in [2.24, 2.45) is 0 Å². The molecule has 0 radical (unpaired) electrons. The number of ether oxygens (including phenoxy) is 1. The predicted octanol–water partition coefficient (Wildman–Crippen LogP) is 4.25. The summed E-state index contributed by atoms with van der Waals surface area (Å²) in [6.45, 7) is 1.44. The van der Waals surface area contributed by atoms with E-state index in [0.29, 0.717) is 5.02 Å². The van der Waals surface area contributed by atoms with Crippen molar-refractivity contribution in [3.05, 3.63) is 63.9 Å². The molecule has 7 heteroatoms. The molecule has 0 bridgehead atoms. The van der Waals surface area contributed by atoms with Gasteiger partial charge in [0.1, 0.15) is 5.82 Å². The predicted molar refractivity (Wildman–Crippen MR) is 90.7 cm³/mol. The first-order valence-electron chi connectivity index (χ1n) is 7.05. The topological polar surface area (TPSA) is 55.4 Å². The maximum Gasteiger partial charge on any atom is 0.311 e. The van der Waals surface area contributed by atoms with Gasteiger partial charge in [-0.3, -0.25) is 9.59 Å². The molecule has 0 saturated carbocycles. The molecule has 126 valence electrons. The van der Waals surface area contributed by atoms with Crippen LogP contribution >= 0.6 is 23.2 Å². The number of benzene rings is 2. The van der Waals surface area contributed by atoms with Crippen molar-refractivity contribution in [3.63, 3.8) is 0 Å². The molecular weight excluding hydrogens is 356 g/mol. The van der Waals surface area contributed by atoms with E-state index in [1.165, 1.54) is 19.1 Å². The van der Waals surface area contributed by atoms with Crippen molar-refractivity contribution in [3.8, 4) is 0 Å². The fraction of sp³-hybridized carbons (Fsp3) is 0.176. The van der Waals surface area contributed by atoms with E-state index in [1.807, 2.05) is 0 Å². The van der Waals surface area contributed by atoms with Crippen LogP contribution in [-0.2, 0) is 20.7 Å². The van der Waals surface area contributed by atoms with Gasteiger partial charge in [0.2, 0.25) is 0 Å². The van der Waals surface area contributed by atoms with Crippen LogP contribution in [0.1, 0.15) is 12.5 Å². The van der Waals surface area contributed by atoms with Crippen LogP contribution in [0.2, 0.25) is 10.0 Å². The first kappa shape index (κ1) is 18.2. The second kappa shape index (κ2) is 8.13. The fourth-order valence-electron chi connectivity index (χ4n) is 1.89. The molecule has 2 aromatic carbocycles. The van der Waals surface area contributed by atoms with E-state index in [0.717, 1.165) is 11.6 Å². The minimum atomic E-state index is -1.02.